The van der Waals surface area contributed by atoms with Crippen LogP contribution in [0.4, 0.5) is 0 Å². The molecule has 2 N–H and O–H groups in total. The van der Waals surface area contributed by atoms with E-state index in [4.69, 9.17) is 29.2 Å². The summed E-state index contributed by atoms with van der Waals surface area (Å²) in [6, 6.07) is 17.9. The number of rotatable bonds is 13. The van der Waals surface area contributed by atoms with Crippen molar-refractivity contribution >= 4 is 5.97 Å². The van der Waals surface area contributed by atoms with Crippen molar-refractivity contribution in [3.05, 3.63) is 66.2 Å². The molecule has 0 heterocycles. The smallest absolute Gasteiger partial charge is 0.335 e. The van der Waals surface area contributed by atoms with Crippen LogP contribution < -0.4 is 4.74 Å². The molecule has 0 aliphatic carbocycles. The summed E-state index contributed by atoms with van der Waals surface area (Å²) in [7, 11) is 0. The Morgan fingerprint density at radius 1 is 0.679 bits per heavy atom. The fourth-order valence-electron chi connectivity index (χ4n) is 1.92. The number of carbonyl (C=O) groups is 1. The number of para-hydroxylation sites is 1. The second-order valence-electron chi connectivity index (χ2n) is 5.39. The predicted octanol–water partition coefficient (Wildman–Crippen LogP) is 2.49. The van der Waals surface area contributed by atoms with Crippen LogP contribution in [-0.2, 0) is 14.2 Å². The highest BCUT2D eigenvalue weighted by molar-refractivity contribution is 5.87. The van der Waals surface area contributed by atoms with E-state index in [1.54, 1.807) is 30.3 Å². The van der Waals surface area contributed by atoms with E-state index in [-0.39, 0.29) is 6.61 Å². The molecule has 2 aromatic rings. The standard InChI is InChI=1S/C14H22O5.C7H6O2/c15-6-7-16-8-9-17-10-11-18-12-13-19-14-4-2-1-3-5-14;8-7(9)6-4-2-1-3-5-6/h1-5,15H,6-13H2;1-5H,(H,8,9). The lowest BCUT2D eigenvalue weighted by molar-refractivity contribution is 0.00361. The van der Waals surface area contributed by atoms with Crippen molar-refractivity contribution in [2.24, 2.45) is 0 Å². The lowest BCUT2D eigenvalue weighted by atomic mass is 10.2. The third-order valence-corrected chi connectivity index (χ3v) is 3.24. The Morgan fingerprint density at radius 3 is 1.61 bits per heavy atom. The molecule has 0 atom stereocenters. The molecule has 7 nitrogen and oxygen atoms in total. The highest BCUT2D eigenvalue weighted by atomic mass is 16.6. The highest BCUT2D eigenvalue weighted by Crippen LogP contribution is 2.07. The van der Waals surface area contributed by atoms with Gasteiger partial charge < -0.3 is 29.2 Å². The number of aliphatic hydroxyl groups excluding tert-OH is 1. The summed E-state index contributed by atoms with van der Waals surface area (Å²) < 4.78 is 21.1. The number of carboxylic acids is 1. The van der Waals surface area contributed by atoms with Gasteiger partial charge in [-0.05, 0) is 24.3 Å². The second-order valence-corrected chi connectivity index (χ2v) is 5.39. The fraction of sp³-hybridized carbons (Fsp3) is 0.381. The van der Waals surface area contributed by atoms with Crippen LogP contribution in [0.1, 0.15) is 10.4 Å². The van der Waals surface area contributed by atoms with Crippen molar-refractivity contribution in [3.63, 3.8) is 0 Å². The Labute approximate surface area is 165 Å². The quantitative estimate of drug-likeness (QED) is 0.506. The average molecular weight is 392 g/mol. The highest BCUT2D eigenvalue weighted by Gasteiger charge is 1.96. The lowest BCUT2D eigenvalue weighted by Crippen LogP contribution is -2.13. The van der Waals surface area contributed by atoms with Gasteiger partial charge in [0.15, 0.2) is 0 Å². The van der Waals surface area contributed by atoms with E-state index in [1.165, 1.54) is 0 Å². The number of hydrogen-bond acceptors (Lipinski definition) is 6. The first-order valence-electron chi connectivity index (χ1n) is 9.04. The van der Waals surface area contributed by atoms with Crippen LogP contribution in [0.25, 0.3) is 0 Å². The van der Waals surface area contributed by atoms with E-state index in [1.807, 2.05) is 30.3 Å². The van der Waals surface area contributed by atoms with Crippen LogP contribution in [0.15, 0.2) is 60.7 Å². The summed E-state index contributed by atoms with van der Waals surface area (Å²) >= 11 is 0. The van der Waals surface area contributed by atoms with Gasteiger partial charge >= 0.3 is 5.97 Å². The van der Waals surface area contributed by atoms with Gasteiger partial charge in [0, 0.05) is 0 Å². The van der Waals surface area contributed by atoms with E-state index in [0.29, 0.717) is 51.8 Å². The van der Waals surface area contributed by atoms with Gasteiger partial charge in [-0.3, -0.25) is 0 Å². The minimum absolute atomic E-state index is 0.0462. The Hall–Kier alpha value is -2.45. The van der Waals surface area contributed by atoms with Gasteiger partial charge in [0.25, 0.3) is 0 Å². The third-order valence-electron chi connectivity index (χ3n) is 3.24. The molecular formula is C21H28O7. The second kappa shape index (κ2) is 16.7. The summed E-state index contributed by atoms with van der Waals surface area (Å²) in [4.78, 5) is 10.2. The normalized spacial score (nSPS) is 10.0. The molecule has 0 unspecified atom stereocenters. The molecule has 0 amide bonds. The molecule has 0 aliphatic rings. The van der Waals surface area contributed by atoms with E-state index in [9.17, 15) is 4.79 Å². The van der Waals surface area contributed by atoms with E-state index in [2.05, 4.69) is 0 Å². The summed E-state index contributed by atoms with van der Waals surface area (Å²) in [5.74, 6) is -0.0287. The van der Waals surface area contributed by atoms with Gasteiger partial charge in [0.05, 0.1) is 51.8 Å². The van der Waals surface area contributed by atoms with Crippen molar-refractivity contribution in [1.29, 1.82) is 0 Å². The third kappa shape index (κ3) is 12.8. The number of aromatic carboxylic acids is 1. The summed E-state index contributed by atoms with van der Waals surface area (Å²) in [6.45, 7) is 3.57. The first-order chi connectivity index (χ1) is 13.7. The molecule has 2 aromatic carbocycles. The summed E-state index contributed by atoms with van der Waals surface area (Å²) in [5.41, 5.74) is 0.331. The number of aliphatic hydroxyl groups is 1. The fourth-order valence-corrected chi connectivity index (χ4v) is 1.92. The zero-order chi connectivity index (χ0) is 20.3. The molecule has 0 spiro atoms. The van der Waals surface area contributed by atoms with Gasteiger partial charge in [-0.25, -0.2) is 4.79 Å². The van der Waals surface area contributed by atoms with Crippen molar-refractivity contribution in [3.8, 4) is 5.75 Å². The topological polar surface area (TPSA) is 94.5 Å². The van der Waals surface area contributed by atoms with Crippen LogP contribution >= 0.6 is 0 Å². The molecule has 0 fully saturated rings. The molecule has 0 aromatic heterocycles. The molecule has 2 rings (SSSR count). The van der Waals surface area contributed by atoms with Gasteiger partial charge in [0.1, 0.15) is 12.4 Å². The Kier molecular flexibility index (Phi) is 14.1. The molecule has 0 aliphatic heterocycles. The van der Waals surface area contributed by atoms with E-state index >= 15 is 0 Å². The molecule has 154 valence electrons. The van der Waals surface area contributed by atoms with Gasteiger partial charge in [-0.15, -0.1) is 0 Å². The van der Waals surface area contributed by atoms with Crippen LogP contribution in [0, 0.1) is 0 Å². The molecular weight excluding hydrogens is 364 g/mol. The molecule has 7 heteroatoms. The maximum atomic E-state index is 10.2. The monoisotopic (exact) mass is 392 g/mol. The zero-order valence-corrected chi connectivity index (χ0v) is 15.9. The van der Waals surface area contributed by atoms with Crippen LogP contribution in [0.3, 0.4) is 0 Å². The lowest BCUT2D eigenvalue weighted by Gasteiger charge is -2.07. The van der Waals surface area contributed by atoms with Crippen LogP contribution in [0.5, 0.6) is 5.75 Å². The number of benzene rings is 2. The number of ether oxygens (including phenoxy) is 4. The molecule has 0 radical (unpaired) electrons. The first-order valence-corrected chi connectivity index (χ1v) is 9.04. The van der Waals surface area contributed by atoms with Crippen LogP contribution in [-0.4, -0.2) is 69.0 Å². The molecule has 28 heavy (non-hydrogen) atoms. The van der Waals surface area contributed by atoms with Crippen molar-refractivity contribution in [2.75, 3.05) is 52.9 Å². The molecule has 0 saturated carbocycles. The van der Waals surface area contributed by atoms with E-state index in [0.717, 1.165) is 5.75 Å². The summed E-state index contributed by atoms with van der Waals surface area (Å²) in [5, 5.41) is 16.9. The minimum Gasteiger partial charge on any atom is -0.491 e. The molecule has 0 saturated heterocycles. The van der Waals surface area contributed by atoms with Gasteiger partial charge in [0.2, 0.25) is 0 Å². The molecule has 0 bridgehead atoms. The predicted molar refractivity (Wildman–Crippen MR) is 105 cm³/mol. The first kappa shape index (κ1) is 23.6. The Balaban J connectivity index is 0.000000362. The Morgan fingerprint density at radius 2 is 1.14 bits per heavy atom. The summed E-state index contributed by atoms with van der Waals surface area (Å²) in [6.07, 6.45) is 0. The zero-order valence-electron chi connectivity index (χ0n) is 15.9. The SMILES string of the molecule is O=C(O)c1ccccc1.OCCOCCOCCOCCOc1ccccc1. The van der Waals surface area contributed by atoms with Crippen molar-refractivity contribution in [2.45, 2.75) is 0 Å². The van der Waals surface area contributed by atoms with Crippen LogP contribution in [0.2, 0.25) is 0 Å². The van der Waals surface area contributed by atoms with Gasteiger partial charge in [-0.2, -0.15) is 0 Å². The number of hydrogen-bond donors (Lipinski definition) is 2. The minimum atomic E-state index is -0.879. The Bertz CT molecular complexity index is 605. The van der Waals surface area contributed by atoms with E-state index < -0.39 is 5.97 Å². The maximum Gasteiger partial charge on any atom is 0.335 e. The van der Waals surface area contributed by atoms with Crippen molar-refractivity contribution in [1.82, 2.24) is 0 Å². The largest absolute Gasteiger partial charge is 0.491 e. The van der Waals surface area contributed by atoms with Crippen molar-refractivity contribution < 1.29 is 34.0 Å². The average Bonchev–Trinajstić information content (AvgIpc) is 2.74. The number of carboxylic acid groups (broad SMARTS) is 1. The maximum absolute atomic E-state index is 10.2. The van der Waals surface area contributed by atoms with Gasteiger partial charge in [-0.1, -0.05) is 36.4 Å².